The summed E-state index contributed by atoms with van der Waals surface area (Å²) in [5.74, 6) is 1.36. The molecule has 0 saturated heterocycles. The van der Waals surface area contributed by atoms with Crippen LogP contribution in [0.4, 0.5) is 0 Å². The zero-order valence-electron chi connectivity index (χ0n) is 11.5. The van der Waals surface area contributed by atoms with E-state index in [9.17, 15) is 0 Å². The topological polar surface area (TPSA) is 68.9 Å². The molecule has 0 unspecified atom stereocenters. The molecule has 0 aromatic carbocycles. The molecule has 1 aliphatic rings. The number of hydrogen-bond donors (Lipinski definition) is 2. The smallest absolute Gasteiger partial charge is 0.188 e. The third kappa shape index (κ3) is 7.50. The van der Waals surface area contributed by atoms with E-state index in [0.717, 1.165) is 38.5 Å². The van der Waals surface area contributed by atoms with E-state index in [0.29, 0.717) is 19.2 Å². The second kappa shape index (κ2) is 10.1. The Hall–Kier alpha value is -0.810. The molecule has 1 fully saturated rings. The van der Waals surface area contributed by atoms with Gasteiger partial charge in [-0.05, 0) is 31.6 Å². The number of guanidine groups is 1. The van der Waals surface area contributed by atoms with Gasteiger partial charge in [-0.15, -0.1) is 0 Å². The van der Waals surface area contributed by atoms with Gasteiger partial charge in [0, 0.05) is 26.8 Å². The molecular formula is C13H27N3O2. The van der Waals surface area contributed by atoms with Crippen LogP contribution in [-0.4, -0.2) is 46.0 Å². The van der Waals surface area contributed by atoms with Crippen LogP contribution in [0.2, 0.25) is 0 Å². The summed E-state index contributed by atoms with van der Waals surface area (Å²) in [7, 11) is 1.68. The van der Waals surface area contributed by atoms with E-state index in [2.05, 4.69) is 10.3 Å². The molecule has 5 heteroatoms. The van der Waals surface area contributed by atoms with Crippen LogP contribution < -0.4 is 11.1 Å². The maximum Gasteiger partial charge on any atom is 0.188 e. The van der Waals surface area contributed by atoms with Gasteiger partial charge in [-0.3, -0.25) is 4.99 Å². The van der Waals surface area contributed by atoms with Crippen molar-refractivity contribution < 1.29 is 9.47 Å². The molecule has 0 heterocycles. The first-order valence-corrected chi connectivity index (χ1v) is 6.93. The Morgan fingerprint density at radius 1 is 1.28 bits per heavy atom. The Balaban J connectivity index is 1.84. The predicted octanol–water partition coefficient (Wildman–Crippen LogP) is 1.13. The zero-order valence-corrected chi connectivity index (χ0v) is 11.5. The fourth-order valence-electron chi connectivity index (χ4n) is 1.75. The number of aliphatic imine (C=N–C) groups is 1. The number of rotatable bonds is 10. The molecule has 0 spiro atoms. The Morgan fingerprint density at radius 2 is 2.11 bits per heavy atom. The lowest BCUT2D eigenvalue weighted by molar-refractivity contribution is 0.0689. The van der Waals surface area contributed by atoms with Crippen LogP contribution in [0.3, 0.4) is 0 Å². The monoisotopic (exact) mass is 257 g/mol. The largest absolute Gasteiger partial charge is 0.382 e. The number of ether oxygens (including phenoxy) is 2. The van der Waals surface area contributed by atoms with Crippen LogP contribution in [0, 0.1) is 5.92 Å². The molecule has 3 N–H and O–H groups in total. The second-order valence-electron chi connectivity index (χ2n) is 4.76. The molecule has 0 aromatic heterocycles. The van der Waals surface area contributed by atoms with Crippen molar-refractivity contribution in [3.63, 3.8) is 0 Å². The van der Waals surface area contributed by atoms with Gasteiger partial charge in [0.2, 0.25) is 0 Å². The van der Waals surface area contributed by atoms with Gasteiger partial charge in [0.05, 0.1) is 13.2 Å². The van der Waals surface area contributed by atoms with Crippen LogP contribution in [0.1, 0.15) is 32.1 Å². The van der Waals surface area contributed by atoms with E-state index in [4.69, 9.17) is 15.2 Å². The summed E-state index contributed by atoms with van der Waals surface area (Å²) < 4.78 is 10.3. The van der Waals surface area contributed by atoms with Gasteiger partial charge in [0.1, 0.15) is 0 Å². The van der Waals surface area contributed by atoms with Gasteiger partial charge < -0.3 is 20.5 Å². The molecule has 106 valence electrons. The summed E-state index contributed by atoms with van der Waals surface area (Å²) in [4.78, 5) is 4.34. The number of hydrogen-bond acceptors (Lipinski definition) is 3. The van der Waals surface area contributed by atoms with Crippen molar-refractivity contribution in [2.24, 2.45) is 16.6 Å². The SMILES string of the molecule is COCCOCCCCNC(N)=NCC1CCC1. The summed E-state index contributed by atoms with van der Waals surface area (Å²) in [6, 6.07) is 0. The highest BCUT2D eigenvalue weighted by atomic mass is 16.5. The molecule has 0 aromatic rings. The van der Waals surface area contributed by atoms with E-state index in [1.807, 2.05) is 0 Å². The van der Waals surface area contributed by atoms with Gasteiger partial charge in [0.15, 0.2) is 5.96 Å². The van der Waals surface area contributed by atoms with E-state index in [-0.39, 0.29) is 0 Å². The van der Waals surface area contributed by atoms with Crippen LogP contribution in [0.25, 0.3) is 0 Å². The molecule has 1 saturated carbocycles. The predicted molar refractivity (Wildman–Crippen MR) is 73.8 cm³/mol. The van der Waals surface area contributed by atoms with Gasteiger partial charge in [-0.1, -0.05) is 6.42 Å². The number of nitrogens with zero attached hydrogens (tertiary/aromatic N) is 1. The van der Waals surface area contributed by atoms with E-state index in [1.54, 1.807) is 7.11 Å². The number of nitrogens with one attached hydrogen (secondary N) is 1. The first kappa shape index (κ1) is 15.2. The average molecular weight is 257 g/mol. The molecule has 0 bridgehead atoms. The summed E-state index contributed by atoms with van der Waals surface area (Å²) in [6.45, 7) is 3.88. The van der Waals surface area contributed by atoms with Crippen LogP contribution >= 0.6 is 0 Å². The maximum atomic E-state index is 5.77. The summed E-state index contributed by atoms with van der Waals surface area (Å²) in [5, 5.41) is 3.14. The van der Waals surface area contributed by atoms with Gasteiger partial charge in [0.25, 0.3) is 0 Å². The number of nitrogens with two attached hydrogens (primary N) is 1. The number of unbranched alkanes of at least 4 members (excludes halogenated alkanes) is 1. The Kier molecular flexibility index (Phi) is 8.59. The standard InChI is InChI=1S/C13H27N3O2/c1-17-9-10-18-8-3-2-7-15-13(14)16-11-12-5-4-6-12/h12H,2-11H2,1H3,(H3,14,15,16). The lowest BCUT2D eigenvalue weighted by atomic mass is 9.86. The summed E-state index contributed by atoms with van der Waals surface area (Å²) in [6.07, 6.45) is 6.07. The lowest BCUT2D eigenvalue weighted by Crippen LogP contribution is -2.33. The molecule has 0 amide bonds. The fraction of sp³-hybridized carbons (Fsp3) is 0.923. The van der Waals surface area contributed by atoms with Crippen molar-refractivity contribution in [3.05, 3.63) is 0 Å². The molecule has 0 radical (unpaired) electrons. The van der Waals surface area contributed by atoms with Gasteiger partial charge in [-0.2, -0.15) is 0 Å². The van der Waals surface area contributed by atoms with Crippen LogP contribution in [0.5, 0.6) is 0 Å². The van der Waals surface area contributed by atoms with Crippen molar-refractivity contribution >= 4 is 5.96 Å². The molecule has 0 aliphatic heterocycles. The van der Waals surface area contributed by atoms with E-state index in [1.165, 1.54) is 19.3 Å². The van der Waals surface area contributed by atoms with Crippen LogP contribution in [0.15, 0.2) is 4.99 Å². The van der Waals surface area contributed by atoms with Gasteiger partial charge in [-0.25, -0.2) is 0 Å². The first-order valence-electron chi connectivity index (χ1n) is 6.93. The highest BCUT2D eigenvalue weighted by molar-refractivity contribution is 5.77. The first-order chi connectivity index (χ1) is 8.83. The second-order valence-corrected chi connectivity index (χ2v) is 4.76. The van der Waals surface area contributed by atoms with Crippen molar-refractivity contribution in [1.82, 2.24) is 5.32 Å². The average Bonchev–Trinajstić information content (AvgIpc) is 2.30. The summed E-state index contributed by atoms with van der Waals surface area (Å²) in [5.41, 5.74) is 5.77. The van der Waals surface area contributed by atoms with Crippen molar-refractivity contribution in [2.75, 3.05) is 40.0 Å². The number of methoxy groups -OCH3 is 1. The van der Waals surface area contributed by atoms with E-state index < -0.39 is 0 Å². The maximum absolute atomic E-state index is 5.77. The van der Waals surface area contributed by atoms with Crippen LogP contribution in [-0.2, 0) is 9.47 Å². The molecule has 1 aliphatic carbocycles. The minimum Gasteiger partial charge on any atom is -0.382 e. The molecule has 0 atom stereocenters. The van der Waals surface area contributed by atoms with E-state index >= 15 is 0 Å². The molecular weight excluding hydrogens is 230 g/mol. The highest BCUT2D eigenvalue weighted by Gasteiger charge is 2.16. The third-order valence-electron chi connectivity index (χ3n) is 3.20. The molecule has 18 heavy (non-hydrogen) atoms. The van der Waals surface area contributed by atoms with Crippen molar-refractivity contribution in [2.45, 2.75) is 32.1 Å². The zero-order chi connectivity index (χ0) is 13.1. The Morgan fingerprint density at radius 3 is 2.78 bits per heavy atom. The van der Waals surface area contributed by atoms with Crippen molar-refractivity contribution in [3.8, 4) is 0 Å². The fourth-order valence-corrected chi connectivity index (χ4v) is 1.75. The van der Waals surface area contributed by atoms with Gasteiger partial charge >= 0.3 is 0 Å². The molecule has 5 nitrogen and oxygen atoms in total. The normalized spacial score (nSPS) is 16.6. The lowest BCUT2D eigenvalue weighted by Gasteiger charge is -2.23. The van der Waals surface area contributed by atoms with Crippen molar-refractivity contribution in [1.29, 1.82) is 0 Å². The quantitative estimate of drug-likeness (QED) is 0.350. The minimum atomic E-state index is 0.585. The Labute approximate surface area is 110 Å². The Bertz CT molecular complexity index is 230. The minimum absolute atomic E-state index is 0.585. The highest BCUT2D eigenvalue weighted by Crippen LogP contribution is 2.26. The molecule has 1 rings (SSSR count). The third-order valence-corrected chi connectivity index (χ3v) is 3.20. The summed E-state index contributed by atoms with van der Waals surface area (Å²) >= 11 is 0.